The van der Waals surface area contributed by atoms with Gasteiger partial charge in [-0.1, -0.05) is 11.6 Å². The van der Waals surface area contributed by atoms with Crippen molar-refractivity contribution in [1.82, 2.24) is 14.8 Å². The van der Waals surface area contributed by atoms with Gasteiger partial charge in [-0.05, 0) is 37.1 Å². The van der Waals surface area contributed by atoms with Crippen LogP contribution in [0, 0.1) is 0 Å². The van der Waals surface area contributed by atoms with E-state index in [1.807, 2.05) is 18.2 Å². The molecule has 2 saturated heterocycles. The highest BCUT2D eigenvalue weighted by atomic mass is 35.5. The Hall–Kier alpha value is -1.56. The Labute approximate surface area is 154 Å². The molecule has 0 radical (unpaired) electrons. The molecule has 2 aromatic rings. The van der Waals surface area contributed by atoms with Gasteiger partial charge in [-0.25, -0.2) is 4.98 Å². The van der Waals surface area contributed by atoms with Gasteiger partial charge in [0, 0.05) is 51.5 Å². The predicted octanol–water partition coefficient (Wildman–Crippen LogP) is 3.11. The van der Waals surface area contributed by atoms with Gasteiger partial charge >= 0.3 is 0 Å². The summed E-state index contributed by atoms with van der Waals surface area (Å²) in [6.45, 7) is 7.58. The van der Waals surface area contributed by atoms with Gasteiger partial charge in [-0.2, -0.15) is 0 Å². The van der Waals surface area contributed by atoms with Gasteiger partial charge in [-0.3, -0.25) is 9.80 Å². The molecule has 5 nitrogen and oxygen atoms in total. The quantitative estimate of drug-likeness (QED) is 0.837. The first-order valence-electron chi connectivity index (χ1n) is 9.13. The van der Waals surface area contributed by atoms with E-state index < -0.39 is 0 Å². The molecule has 0 saturated carbocycles. The van der Waals surface area contributed by atoms with Crippen LogP contribution in [0.3, 0.4) is 0 Å². The Morgan fingerprint density at radius 2 is 1.84 bits per heavy atom. The second-order valence-electron chi connectivity index (χ2n) is 6.94. The number of anilines is 1. The van der Waals surface area contributed by atoms with Crippen molar-refractivity contribution < 1.29 is 4.42 Å². The standard InChI is InChI=1S/C19H25ClN4O/c20-16-3-4-19(21-14-16)24-11-9-23(10-12-24)17-5-7-22(8-6-17)15-18-2-1-13-25-18/h1-4,13-14,17H,5-12,15H2. The Morgan fingerprint density at radius 1 is 1.04 bits per heavy atom. The van der Waals surface area contributed by atoms with E-state index in [4.69, 9.17) is 16.0 Å². The zero-order valence-electron chi connectivity index (χ0n) is 14.5. The van der Waals surface area contributed by atoms with Crippen molar-refractivity contribution in [2.45, 2.75) is 25.4 Å². The van der Waals surface area contributed by atoms with E-state index in [1.165, 1.54) is 12.8 Å². The molecule has 0 bridgehead atoms. The Bertz CT molecular complexity index is 645. The van der Waals surface area contributed by atoms with Crippen LogP contribution in [0.1, 0.15) is 18.6 Å². The molecule has 4 heterocycles. The molecule has 0 amide bonds. The molecule has 6 heteroatoms. The summed E-state index contributed by atoms with van der Waals surface area (Å²) in [4.78, 5) is 12.0. The second kappa shape index (κ2) is 7.77. The second-order valence-corrected chi connectivity index (χ2v) is 7.38. The monoisotopic (exact) mass is 360 g/mol. The number of likely N-dealkylation sites (tertiary alicyclic amines) is 1. The fraction of sp³-hybridized carbons (Fsp3) is 0.526. The van der Waals surface area contributed by atoms with Crippen molar-refractivity contribution in [3.63, 3.8) is 0 Å². The van der Waals surface area contributed by atoms with Crippen molar-refractivity contribution in [2.24, 2.45) is 0 Å². The molecule has 0 aromatic carbocycles. The van der Waals surface area contributed by atoms with Crippen LogP contribution < -0.4 is 4.90 Å². The molecular formula is C19H25ClN4O. The largest absolute Gasteiger partial charge is 0.468 e. The van der Waals surface area contributed by atoms with Crippen LogP contribution in [0.25, 0.3) is 0 Å². The maximum absolute atomic E-state index is 5.93. The average Bonchev–Trinajstić information content (AvgIpc) is 3.16. The van der Waals surface area contributed by atoms with E-state index in [9.17, 15) is 0 Å². The molecule has 0 atom stereocenters. The lowest BCUT2D eigenvalue weighted by molar-refractivity contribution is 0.0961. The van der Waals surface area contributed by atoms with Gasteiger partial charge in [0.05, 0.1) is 17.8 Å². The number of pyridine rings is 1. The third kappa shape index (κ3) is 4.17. The van der Waals surface area contributed by atoms with E-state index in [1.54, 1.807) is 12.5 Å². The number of rotatable bonds is 4. The van der Waals surface area contributed by atoms with Gasteiger partial charge in [0.25, 0.3) is 0 Å². The minimum atomic E-state index is 0.698. The fourth-order valence-electron chi connectivity index (χ4n) is 3.94. The molecule has 2 fully saturated rings. The number of aromatic nitrogens is 1. The van der Waals surface area contributed by atoms with Crippen molar-refractivity contribution in [2.75, 3.05) is 44.2 Å². The normalized spacial score (nSPS) is 20.9. The van der Waals surface area contributed by atoms with Crippen LogP contribution in [0.2, 0.25) is 5.02 Å². The van der Waals surface area contributed by atoms with E-state index in [0.717, 1.165) is 57.4 Å². The minimum absolute atomic E-state index is 0.698. The van der Waals surface area contributed by atoms with E-state index in [0.29, 0.717) is 11.1 Å². The number of hydrogen-bond donors (Lipinski definition) is 0. The molecule has 4 rings (SSSR count). The molecule has 0 unspecified atom stereocenters. The molecular weight excluding hydrogens is 336 g/mol. The van der Waals surface area contributed by atoms with Gasteiger partial charge in [0.1, 0.15) is 11.6 Å². The van der Waals surface area contributed by atoms with Crippen molar-refractivity contribution in [1.29, 1.82) is 0 Å². The molecule has 2 aromatic heterocycles. The Balaban J connectivity index is 1.24. The SMILES string of the molecule is Clc1ccc(N2CCN(C3CCN(Cc4ccco4)CC3)CC2)nc1. The highest BCUT2D eigenvalue weighted by Gasteiger charge is 2.28. The van der Waals surface area contributed by atoms with Crippen LogP contribution in [0.15, 0.2) is 41.1 Å². The molecule has 0 aliphatic carbocycles. The minimum Gasteiger partial charge on any atom is -0.468 e. The molecule has 2 aliphatic heterocycles. The zero-order chi connectivity index (χ0) is 17.1. The van der Waals surface area contributed by atoms with Crippen LogP contribution in [0.5, 0.6) is 0 Å². The number of halogens is 1. The van der Waals surface area contributed by atoms with Crippen LogP contribution in [0.4, 0.5) is 5.82 Å². The van der Waals surface area contributed by atoms with Crippen LogP contribution in [-0.2, 0) is 6.54 Å². The summed E-state index contributed by atoms with van der Waals surface area (Å²) in [6.07, 6.45) is 5.99. The van der Waals surface area contributed by atoms with Gasteiger partial charge in [-0.15, -0.1) is 0 Å². The summed E-state index contributed by atoms with van der Waals surface area (Å²) in [5.74, 6) is 2.11. The molecule has 25 heavy (non-hydrogen) atoms. The third-order valence-electron chi connectivity index (χ3n) is 5.38. The van der Waals surface area contributed by atoms with Gasteiger partial charge in [0.15, 0.2) is 0 Å². The van der Waals surface area contributed by atoms with Crippen molar-refractivity contribution >= 4 is 17.4 Å². The number of furan rings is 1. The predicted molar refractivity (Wildman–Crippen MR) is 100 cm³/mol. The average molecular weight is 361 g/mol. The Kier molecular flexibility index (Phi) is 5.25. The molecule has 2 aliphatic rings. The summed E-state index contributed by atoms with van der Waals surface area (Å²) >= 11 is 5.93. The fourth-order valence-corrected chi connectivity index (χ4v) is 4.05. The maximum Gasteiger partial charge on any atom is 0.128 e. The number of piperidine rings is 1. The number of hydrogen-bond acceptors (Lipinski definition) is 5. The van der Waals surface area contributed by atoms with Crippen molar-refractivity contribution in [3.8, 4) is 0 Å². The lowest BCUT2D eigenvalue weighted by Crippen LogP contribution is -2.53. The maximum atomic E-state index is 5.93. The zero-order valence-corrected chi connectivity index (χ0v) is 15.2. The number of piperazine rings is 1. The van der Waals surface area contributed by atoms with E-state index in [2.05, 4.69) is 25.8 Å². The van der Waals surface area contributed by atoms with E-state index >= 15 is 0 Å². The van der Waals surface area contributed by atoms with Crippen molar-refractivity contribution in [3.05, 3.63) is 47.5 Å². The summed E-state index contributed by atoms with van der Waals surface area (Å²) in [5, 5.41) is 0.698. The number of nitrogens with zero attached hydrogens (tertiary/aromatic N) is 4. The first kappa shape index (κ1) is 16.9. The van der Waals surface area contributed by atoms with Crippen LogP contribution >= 0.6 is 11.6 Å². The summed E-state index contributed by atoms with van der Waals surface area (Å²) in [6, 6.07) is 8.69. The van der Waals surface area contributed by atoms with Crippen LogP contribution in [-0.4, -0.2) is 60.1 Å². The first-order chi connectivity index (χ1) is 12.3. The first-order valence-corrected chi connectivity index (χ1v) is 9.51. The van der Waals surface area contributed by atoms with Gasteiger partial charge in [0.2, 0.25) is 0 Å². The lowest BCUT2D eigenvalue weighted by Gasteiger charge is -2.43. The highest BCUT2D eigenvalue weighted by Crippen LogP contribution is 2.22. The molecule has 0 N–H and O–H groups in total. The van der Waals surface area contributed by atoms with Gasteiger partial charge < -0.3 is 9.32 Å². The molecule has 134 valence electrons. The summed E-state index contributed by atoms with van der Waals surface area (Å²) in [5.41, 5.74) is 0. The summed E-state index contributed by atoms with van der Waals surface area (Å²) in [7, 11) is 0. The lowest BCUT2D eigenvalue weighted by atomic mass is 10.0. The summed E-state index contributed by atoms with van der Waals surface area (Å²) < 4.78 is 5.47. The highest BCUT2D eigenvalue weighted by molar-refractivity contribution is 6.30. The topological polar surface area (TPSA) is 35.8 Å². The smallest absolute Gasteiger partial charge is 0.128 e. The third-order valence-corrected chi connectivity index (χ3v) is 5.61. The molecule has 0 spiro atoms. The van der Waals surface area contributed by atoms with E-state index in [-0.39, 0.29) is 0 Å². The Morgan fingerprint density at radius 3 is 2.48 bits per heavy atom.